The minimum absolute atomic E-state index is 0.0260. The van der Waals surface area contributed by atoms with Crippen LogP contribution in [0.5, 0.6) is 5.75 Å². The Balaban J connectivity index is 1.46. The summed E-state index contributed by atoms with van der Waals surface area (Å²) in [5, 5.41) is 0. The van der Waals surface area contributed by atoms with Gasteiger partial charge in [0.1, 0.15) is 12.4 Å². The van der Waals surface area contributed by atoms with Crippen LogP contribution in [0.2, 0.25) is 0 Å². The number of ether oxygens (including phenoxy) is 2. The van der Waals surface area contributed by atoms with Gasteiger partial charge in [-0.3, -0.25) is 4.79 Å². The Morgan fingerprint density at radius 1 is 0.970 bits per heavy atom. The number of benzene rings is 2. The van der Waals surface area contributed by atoms with E-state index in [1.807, 2.05) is 0 Å². The topological polar surface area (TPSA) is 105 Å². The van der Waals surface area contributed by atoms with Crippen LogP contribution >= 0.6 is 0 Å². The van der Waals surface area contributed by atoms with E-state index in [1.165, 1.54) is 6.08 Å². The Bertz CT molecular complexity index is 991. The van der Waals surface area contributed by atoms with Gasteiger partial charge in [0.05, 0.1) is 11.8 Å². The van der Waals surface area contributed by atoms with E-state index in [9.17, 15) is 22.8 Å². The first kappa shape index (κ1) is 24.2. The van der Waals surface area contributed by atoms with Gasteiger partial charge in [-0.25, -0.2) is 4.79 Å². The van der Waals surface area contributed by atoms with Crippen molar-refractivity contribution in [1.29, 1.82) is 0 Å². The average molecular weight is 462 g/mol. The number of carbonyl (C=O) groups is 2. The van der Waals surface area contributed by atoms with Crippen molar-refractivity contribution in [2.75, 3.05) is 11.5 Å². The maximum absolute atomic E-state index is 12.8. The Morgan fingerprint density at radius 3 is 2.15 bits per heavy atom. The number of hydrogen-bond donors (Lipinski definition) is 2. The fraction of sp³-hybridized carbons (Fsp3) is 0.333. The number of halogens is 3. The fourth-order valence-electron chi connectivity index (χ4n) is 3.70. The average Bonchev–Trinajstić information content (AvgIpc) is 2.76. The number of alkyl halides is 3. The van der Waals surface area contributed by atoms with Crippen LogP contribution in [0.15, 0.2) is 48.5 Å². The van der Waals surface area contributed by atoms with Gasteiger partial charge in [0.2, 0.25) is 0 Å². The van der Waals surface area contributed by atoms with Gasteiger partial charge in [0.15, 0.2) is 0 Å². The van der Waals surface area contributed by atoms with E-state index in [0.29, 0.717) is 22.5 Å². The molecular formula is C24H25F3N2O4. The zero-order valence-corrected chi connectivity index (χ0v) is 17.8. The second-order valence-electron chi connectivity index (χ2n) is 8.03. The van der Waals surface area contributed by atoms with E-state index >= 15 is 0 Å². The number of esters is 2. The molecule has 2 aromatic carbocycles. The number of hydrogen-bond acceptors (Lipinski definition) is 6. The maximum Gasteiger partial charge on any atom is 0.391 e. The first-order valence-corrected chi connectivity index (χ1v) is 10.5. The molecule has 2 aromatic rings. The molecule has 1 fully saturated rings. The summed E-state index contributed by atoms with van der Waals surface area (Å²) in [5.41, 5.74) is 13.7. The minimum atomic E-state index is -4.21. The largest absolute Gasteiger partial charge is 0.458 e. The molecule has 0 saturated heterocycles. The molecule has 3 rings (SSSR count). The molecule has 0 unspecified atom stereocenters. The Hall–Kier alpha value is -3.49. The van der Waals surface area contributed by atoms with Crippen LogP contribution in [-0.2, 0) is 20.9 Å². The molecular weight excluding hydrogens is 437 g/mol. The normalized spacial score (nSPS) is 18.8. The lowest BCUT2D eigenvalue weighted by atomic mass is 9.82. The molecule has 0 atom stereocenters. The van der Waals surface area contributed by atoms with Crippen molar-refractivity contribution < 1.29 is 32.2 Å². The van der Waals surface area contributed by atoms with Crippen molar-refractivity contribution in [3.63, 3.8) is 0 Å². The Labute approximate surface area is 189 Å². The lowest BCUT2D eigenvalue weighted by Gasteiger charge is -2.28. The highest BCUT2D eigenvalue weighted by molar-refractivity contribution is 5.87. The highest BCUT2D eigenvalue weighted by Gasteiger charge is 2.42. The third-order valence-electron chi connectivity index (χ3n) is 5.45. The molecule has 4 N–H and O–H groups in total. The number of nitrogen functional groups attached to an aromatic ring is 2. The molecule has 0 heterocycles. The van der Waals surface area contributed by atoms with Crippen LogP contribution in [0.1, 0.15) is 36.8 Å². The van der Waals surface area contributed by atoms with Gasteiger partial charge in [0.25, 0.3) is 0 Å². The molecule has 176 valence electrons. The minimum Gasteiger partial charge on any atom is -0.458 e. The molecule has 33 heavy (non-hydrogen) atoms. The van der Waals surface area contributed by atoms with Crippen LogP contribution in [0.4, 0.5) is 24.5 Å². The summed E-state index contributed by atoms with van der Waals surface area (Å²) in [5.74, 6) is -2.67. The molecule has 0 amide bonds. The third kappa shape index (κ3) is 7.27. The number of rotatable bonds is 6. The zero-order valence-electron chi connectivity index (χ0n) is 17.8. The van der Waals surface area contributed by atoms with Crippen LogP contribution in [0, 0.1) is 11.8 Å². The highest BCUT2D eigenvalue weighted by atomic mass is 19.4. The van der Waals surface area contributed by atoms with E-state index in [4.69, 9.17) is 20.9 Å². The Kier molecular flexibility index (Phi) is 7.63. The summed E-state index contributed by atoms with van der Waals surface area (Å²) in [6.07, 6.45) is -1.21. The lowest BCUT2D eigenvalue weighted by molar-refractivity contribution is -0.185. The van der Waals surface area contributed by atoms with Gasteiger partial charge in [0, 0.05) is 17.5 Å². The number of carbonyl (C=O) groups excluding carboxylic acids is 2. The van der Waals surface area contributed by atoms with E-state index in [1.54, 1.807) is 48.5 Å². The van der Waals surface area contributed by atoms with Gasteiger partial charge in [-0.2, -0.15) is 13.2 Å². The second kappa shape index (κ2) is 10.4. The van der Waals surface area contributed by atoms with E-state index in [0.717, 1.165) is 0 Å². The third-order valence-corrected chi connectivity index (χ3v) is 5.45. The fourth-order valence-corrected chi connectivity index (χ4v) is 3.70. The van der Waals surface area contributed by atoms with Crippen LogP contribution < -0.4 is 16.2 Å². The lowest BCUT2D eigenvalue weighted by Crippen LogP contribution is -2.31. The van der Waals surface area contributed by atoms with Crippen molar-refractivity contribution in [1.82, 2.24) is 0 Å². The van der Waals surface area contributed by atoms with Crippen molar-refractivity contribution in [2.24, 2.45) is 11.8 Å². The summed E-state index contributed by atoms with van der Waals surface area (Å²) in [6, 6.07) is 11.3. The molecule has 1 aliphatic rings. The monoisotopic (exact) mass is 462 g/mol. The van der Waals surface area contributed by atoms with Gasteiger partial charge >= 0.3 is 18.1 Å². The van der Waals surface area contributed by atoms with Crippen molar-refractivity contribution in [3.8, 4) is 5.75 Å². The molecule has 1 saturated carbocycles. The molecule has 0 spiro atoms. The molecule has 0 radical (unpaired) electrons. The zero-order chi connectivity index (χ0) is 24.0. The smallest absolute Gasteiger partial charge is 0.391 e. The van der Waals surface area contributed by atoms with E-state index in [2.05, 4.69) is 0 Å². The SMILES string of the molecule is Nc1cc(N)cc(COC(=O)C=Cc2ccc(OC(=O)C3CCC(C(F)(F)F)CC3)cc2)c1. The first-order valence-electron chi connectivity index (χ1n) is 10.5. The molecule has 0 aromatic heterocycles. The van der Waals surface area contributed by atoms with Crippen LogP contribution in [0.3, 0.4) is 0 Å². The van der Waals surface area contributed by atoms with Gasteiger partial charge in [-0.15, -0.1) is 0 Å². The predicted octanol–water partition coefficient (Wildman–Crippen LogP) is 4.88. The molecule has 6 nitrogen and oxygen atoms in total. The van der Waals surface area contributed by atoms with Crippen molar-refractivity contribution >= 4 is 29.4 Å². The molecule has 0 bridgehead atoms. The van der Waals surface area contributed by atoms with Crippen molar-refractivity contribution in [2.45, 2.75) is 38.5 Å². The first-order chi connectivity index (χ1) is 15.6. The predicted molar refractivity (Wildman–Crippen MR) is 118 cm³/mol. The van der Waals surface area contributed by atoms with Crippen LogP contribution in [0.25, 0.3) is 6.08 Å². The van der Waals surface area contributed by atoms with Crippen LogP contribution in [-0.4, -0.2) is 18.1 Å². The maximum atomic E-state index is 12.8. The second-order valence-corrected chi connectivity index (χ2v) is 8.03. The summed E-state index contributed by atoms with van der Waals surface area (Å²) >= 11 is 0. The van der Waals surface area contributed by atoms with Crippen molar-refractivity contribution in [3.05, 3.63) is 59.7 Å². The van der Waals surface area contributed by atoms with E-state index in [-0.39, 0.29) is 38.0 Å². The molecule has 9 heteroatoms. The highest BCUT2D eigenvalue weighted by Crippen LogP contribution is 2.39. The molecule has 1 aliphatic carbocycles. The van der Waals surface area contributed by atoms with Gasteiger partial charge < -0.3 is 20.9 Å². The van der Waals surface area contributed by atoms with Gasteiger partial charge in [-0.05, 0) is 73.2 Å². The summed E-state index contributed by atoms with van der Waals surface area (Å²) in [4.78, 5) is 24.2. The quantitative estimate of drug-likeness (QED) is 0.274. The molecule has 0 aliphatic heterocycles. The Morgan fingerprint density at radius 2 is 1.58 bits per heavy atom. The number of nitrogens with two attached hydrogens (primary N) is 2. The number of anilines is 2. The summed E-state index contributed by atoms with van der Waals surface area (Å²) in [7, 11) is 0. The summed E-state index contributed by atoms with van der Waals surface area (Å²) in [6.45, 7) is 0.0260. The van der Waals surface area contributed by atoms with Gasteiger partial charge in [-0.1, -0.05) is 12.1 Å². The standard InChI is InChI=1S/C24H25F3N2O4/c25-24(26,27)18-6-4-17(5-7-18)23(31)33-21-8-1-15(2-9-21)3-10-22(30)32-14-16-11-19(28)13-20(29)12-16/h1-3,8-13,17-18H,4-7,14,28-29H2. The summed E-state index contributed by atoms with van der Waals surface area (Å²) < 4.78 is 48.7. The van der Waals surface area contributed by atoms with E-state index < -0.39 is 30.0 Å².